The van der Waals surface area contributed by atoms with E-state index in [0.717, 1.165) is 28.2 Å². The van der Waals surface area contributed by atoms with E-state index in [0.29, 0.717) is 25.4 Å². The first kappa shape index (κ1) is 20.0. The number of hydrogen-bond donors (Lipinski definition) is 0. The molecule has 4 rings (SSSR count). The number of amides is 1. The lowest BCUT2D eigenvalue weighted by molar-refractivity contribution is 0.0270. The van der Waals surface area contributed by atoms with Crippen molar-refractivity contribution in [3.05, 3.63) is 72.6 Å². The number of hydrogen-bond acceptors (Lipinski definition) is 4. The van der Waals surface area contributed by atoms with Crippen LogP contribution < -0.4 is 0 Å². The number of rotatable bonds is 3. The summed E-state index contributed by atoms with van der Waals surface area (Å²) in [5, 5.41) is 0. The Morgan fingerprint density at radius 3 is 2.20 bits per heavy atom. The molecule has 5 nitrogen and oxygen atoms in total. The van der Waals surface area contributed by atoms with Gasteiger partial charge in [0.15, 0.2) is 5.76 Å². The lowest BCUT2D eigenvalue weighted by atomic mass is 10.1. The predicted molar refractivity (Wildman–Crippen MR) is 118 cm³/mol. The van der Waals surface area contributed by atoms with Gasteiger partial charge in [0.1, 0.15) is 11.3 Å². The molecule has 2 heterocycles. The van der Waals surface area contributed by atoms with E-state index in [4.69, 9.17) is 14.1 Å². The van der Waals surface area contributed by atoms with E-state index in [-0.39, 0.29) is 6.09 Å². The first-order valence-electron chi connectivity index (χ1n) is 10.2. The van der Waals surface area contributed by atoms with E-state index in [2.05, 4.69) is 0 Å². The lowest BCUT2D eigenvalue weighted by Gasteiger charge is -2.29. The SMILES string of the molecule is CC(C)(C)OC(=O)N1CC=C(c2nc(-c3ccccc3)c(-c3ccccc3)o2)CC1. The molecule has 0 aliphatic carbocycles. The molecule has 1 amide bonds. The maximum Gasteiger partial charge on any atom is 0.410 e. The van der Waals surface area contributed by atoms with Crippen molar-refractivity contribution in [3.8, 4) is 22.6 Å². The number of ether oxygens (including phenoxy) is 1. The van der Waals surface area contributed by atoms with Crippen molar-refractivity contribution < 1.29 is 13.9 Å². The number of benzene rings is 2. The molecular formula is C25H26N2O3. The number of carbonyl (C=O) groups excluding carboxylic acids is 1. The van der Waals surface area contributed by atoms with Crippen LogP contribution in [0.25, 0.3) is 28.2 Å². The standard InChI is InChI=1S/C25H26N2O3/c1-25(2,3)30-24(28)27-16-14-20(15-17-27)23-26-21(18-10-6-4-7-11-18)22(29-23)19-12-8-5-9-13-19/h4-14H,15-17H2,1-3H3. The minimum atomic E-state index is -0.501. The van der Waals surface area contributed by atoms with Crippen LogP contribution in [0.1, 0.15) is 33.1 Å². The summed E-state index contributed by atoms with van der Waals surface area (Å²) in [6.45, 7) is 6.68. The Morgan fingerprint density at radius 2 is 1.63 bits per heavy atom. The summed E-state index contributed by atoms with van der Waals surface area (Å²) in [6, 6.07) is 20.1. The summed E-state index contributed by atoms with van der Waals surface area (Å²) in [6.07, 6.45) is 2.38. The van der Waals surface area contributed by atoms with Crippen molar-refractivity contribution in [3.63, 3.8) is 0 Å². The molecule has 0 saturated carbocycles. The zero-order chi connectivity index (χ0) is 21.1. The van der Waals surface area contributed by atoms with Crippen LogP contribution in [0.2, 0.25) is 0 Å². The summed E-state index contributed by atoms with van der Waals surface area (Å²) in [7, 11) is 0. The van der Waals surface area contributed by atoms with E-state index in [9.17, 15) is 4.79 Å². The summed E-state index contributed by atoms with van der Waals surface area (Å²) < 4.78 is 11.7. The molecule has 1 aliphatic rings. The van der Waals surface area contributed by atoms with E-state index in [1.807, 2.05) is 87.5 Å². The second kappa shape index (κ2) is 8.19. The van der Waals surface area contributed by atoms with Gasteiger partial charge in [0.25, 0.3) is 0 Å². The Morgan fingerprint density at radius 1 is 1.00 bits per heavy atom. The number of carbonyl (C=O) groups is 1. The third-order valence-electron chi connectivity index (χ3n) is 4.85. The first-order valence-corrected chi connectivity index (χ1v) is 10.2. The van der Waals surface area contributed by atoms with Crippen molar-refractivity contribution in [2.75, 3.05) is 13.1 Å². The van der Waals surface area contributed by atoms with E-state index in [1.165, 1.54) is 0 Å². The van der Waals surface area contributed by atoms with Gasteiger partial charge in [-0.3, -0.25) is 0 Å². The highest BCUT2D eigenvalue weighted by atomic mass is 16.6. The molecule has 1 aromatic heterocycles. The fourth-order valence-electron chi connectivity index (χ4n) is 3.39. The van der Waals surface area contributed by atoms with Crippen LogP contribution in [0.15, 0.2) is 71.2 Å². The van der Waals surface area contributed by atoms with Gasteiger partial charge in [0.2, 0.25) is 5.89 Å². The maximum absolute atomic E-state index is 12.3. The van der Waals surface area contributed by atoms with Crippen molar-refractivity contribution in [1.82, 2.24) is 9.88 Å². The van der Waals surface area contributed by atoms with Gasteiger partial charge in [-0.25, -0.2) is 9.78 Å². The normalized spacial score (nSPS) is 14.4. The molecule has 0 atom stereocenters. The zero-order valence-corrected chi connectivity index (χ0v) is 17.6. The Kier molecular flexibility index (Phi) is 5.44. The lowest BCUT2D eigenvalue weighted by Crippen LogP contribution is -2.39. The van der Waals surface area contributed by atoms with Crippen LogP contribution in [0, 0.1) is 0 Å². The summed E-state index contributed by atoms with van der Waals surface area (Å²) in [5.74, 6) is 1.36. The quantitative estimate of drug-likeness (QED) is 0.536. The van der Waals surface area contributed by atoms with Gasteiger partial charge in [-0.15, -0.1) is 0 Å². The second-order valence-corrected chi connectivity index (χ2v) is 8.33. The van der Waals surface area contributed by atoms with Crippen molar-refractivity contribution in [2.45, 2.75) is 32.8 Å². The van der Waals surface area contributed by atoms with Crippen LogP contribution in [-0.4, -0.2) is 34.7 Å². The topological polar surface area (TPSA) is 55.6 Å². The molecule has 0 radical (unpaired) electrons. The molecular weight excluding hydrogens is 376 g/mol. The highest BCUT2D eigenvalue weighted by Crippen LogP contribution is 2.35. The van der Waals surface area contributed by atoms with Gasteiger partial charge < -0.3 is 14.1 Å². The van der Waals surface area contributed by atoms with Gasteiger partial charge in [0.05, 0.1) is 0 Å². The van der Waals surface area contributed by atoms with Gasteiger partial charge in [-0.05, 0) is 27.2 Å². The molecule has 5 heteroatoms. The average molecular weight is 402 g/mol. The third-order valence-corrected chi connectivity index (χ3v) is 4.85. The Bertz CT molecular complexity index is 990. The number of oxazole rings is 1. The predicted octanol–water partition coefficient (Wildman–Crippen LogP) is 6.03. The number of aromatic nitrogens is 1. The van der Waals surface area contributed by atoms with Crippen molar-refractivity contribution in [2.24, 2.45) is 0 Å². The molecule has 2 aromatic carbocycles. The molecule has 154 valence electrons. The van der Waals surface area contributed by atoms with Crippen molar-refractivity contribution >= 4 is 11.7 Å². The fraction of sp³-hybridized carbons (Fsp3) is 0.280. The van der Waals surface area contributed by atoms with E-state index < -0.39 is 5.60 Å². The second-order valence-electron chi connectivity index (χ2n) is 8.33. The first-order chi connectivity index (χ1) is 14.4. The van der Waals surface area contributed by atoms with Crippen LogP contribution >= 0.6 is 0 Å². The van der Waals surface area contributed by atoms with E-state index >= 15 is 0 Å². The van der Waals surface area contributed by atoms with Gasteiger partial charge >= 0.3 is 6.09 Å². The molecule has 0 bridgehead atoms. The highest BCUT2D eigenvalue weighted by molar-refractivity contribution is 5.79. The summed E-state index contributed by atoms with van der Waals surface area (Å²) in [4.78, 5) is 18.9. The third kappa shape index (κ3) is 4.46. The van der Waals surface area contributed by atoms with Crippen LogP contribution in [0.5, 0.6) is 0 Å². The Labute approximate surface area is 177 Å². The summed E-state index contributed by atoms with van der Waals surface area (Å²) >= 11 is 0. The largest absolute Gasteiger partial charge is 0.444 e. The molecule has 0 N–H and O–H groups in total. The summed E-state index contributed by atoms with van der Waals surface area (Å²) in [5.41, 5.74) is 3.33. The van der Waals surface area contributed by atoms with Crippen LogP contribution in [0.4, 0.5) is 4.79 Å². The molecule has 30 heavy (non-hydrogen) atoms. The van der Waals surface area contributed by atoms with E-state index in [1.54, 1.807) is 4.90 Å². The minimum absolute atomic E-state index is 0.292. The smallest absolute Gasteiger partial charge is 0.410 e. The molecule has 0 fully saturated rings. The van der Waals surface area contributed by atoms with Crippen LogP contribution in [-0.2, 0) is 4.74 Å². The molecule has 0 spiro atoms. The van der Waals surface area contributed by atoms with Gasteiger partial charge in [0, 0.05) is 29.8 Å². The molecule has 0 saturated heterocycles. The van der Waals surface area contributed by atoms with Gasteiger partial charge in [-0.2, -0.15) is 0 Å². The Balaban J connectivity index is 1.63. The van der Waals surface area contributed by atoms with Crippen LogP contribution in [0.3, 0.4) is 0 Å². The highest BCUT2D eigenvalue weighted by Gasteiger charge is 2.26. The van der Waals surface area contributed by atoms with Crippen molar-refractivity contribution in [1.29, 1.82) is 0 Å². The average Bonchev–Trinajstić information content (AvgIpc) is 3.19. The van der Waals surface area contributed by atoms with Gasteiger partial charge in [-0.1, -0.05) is 66.7 Å². The molecule has 0 unspecified atom stereocenters. The maximum atomic E-state index is 12.3. The number of nitrogens with zero attached hydrogens (tertiary/aromatic N) is 2. The molecule has 3 aromatic rings. The molecule has 1 aliphatic heterocycles. The Hall–Kier alpha value is -3.34. The fourth-order valence-corrected chi connectivity index (χ4v) is 3.39. The monoisotopic (exact) mass is 402 g/mol. The zero-order valence-electron chi connectivity index (χ0n) is 17.6. The minimum Gasteiger partial charge on any atom is -0.444 e.